The third-order valence-corrected chi connectivity index (χ3v) is 1.17. The first kappa shape index (κ1) is 10.9. The number of carboxylic acid groups (broad SMARTS) is 1. The fraction of sp³-hybridized carbons (Fsp3) is 0. The van der Waals surface area contributed by atoms with Crippen molar-refractivity contribution in [3.05, 3.63) is 29.6 Å². The summed E-state index contributed by atoms with van der Waals surface area (Å²) in [5.74, 6) is -1.39. The summed E-state index contributed by atoms with van der Waals surface area (Å²) in [6.45, 7) is 0. The molecule has 0 spiro atoms. The molecule has 0 aliphatic heterocycles. The van der Waals surface area contributed by atoms with Gasteiger partial charge in [-0.3, -0.25) is 9.78 Å². The van der Waals surface area contributed by atoms with E-state index in [1.807, 2.05) is 0 Å². The first-order valence-corrected chi connectivity index (χ1v) is 2.87. The molecule has 1 rings (SSSR count). The van der Waals surface area contributed by atoms with Crippen LogP contribution in [0.1, 0.15) is 20.8 Å². The van der Waals surface area contributed by atoms with Crippen molar-refractivity contribution in [2.45, 2.75) is 0 Å². The van der Waals surface area contributed by atoms with E-state index in [0.717, 1.165) is 0 Å². The molecule has 0 radical (unpaired) electrons. The fourth-order valence-electron chi connectivity index (χ4n) is 0.684. The largest absolute Gasteiger partial charge is 1.00 e. The minimum Gasteiger partial charge on any atom is -0.545 e. The molecule has 0 saturated carbocycles. The predicted octanol–water partition coefficient (Wildman–Crippen LogP) is -3.74. The van der Waals surface area contributed by atoms with Gasteiger partial charge in [-0.2, -0.15) is 0 Å². The normalized spacial score (nSPS) is 8.33. The Balaban J connectivity index is 0.00000121. The molecule has 5 heteroatoms. The third kappa shape index (κ3) is 2.19. The average Bonchev–Trinajstić information content (AvgIpc) is 2.04. The topological polar surface area (TPSA) is 70.1 Å². The Morgan fingerprint density at radius 2 is 2.25 bits per heavy atom. The molecule has 0 unspecified atom stereocenters. The van der Waals surface area contributed by atoms with E-state index in [4.69, 9.17) is 0 Å². The molecular weight excluding hydrogens is 153 g/mol. The van der Waals surface area contributed by atoms with Gasteiger partial charge in [0.15, 0.2) is 6.29 Å². The van der Waals surface area contributed by atoms with E-state index in [2.05, 4.69) is 4.98 Å². The number of carboxylic acids is 1. The number of hydrogen-bond donors (Lipinski definition) is 0. The van der Waals surface area contributed by atoms with Gasteiger partial charge in [-0.1, -0.05) is 0 Å². The van der Waals surface area contributed by atoms with Crippen molar-refractivity contribution in [2.24, 2.45) is 0 Å². The number of aromatic carboxylic acids is 1. The van der Waals surface area contributed by atoms with Crippen LogP contribution in [-0.2, 0) is 0 Å². The van der Waals surface area contributed by atoms with Crippen molar-refractivity contribution in [1.82, 2.24) is 4.98 Å². The molecule has 1 heterocycles. The summed E-state index contributed by atoms with van der Waals surface area (Å²) < 4.78 is 0. The number of aromatic nitrogens is 1. The van der Waals surface area contributed by atoms with Gasteiger partial charge in [0.2, 0.25) is 0 Å². The molecule has 0 atom stereocenters. The number of hydrogen-bond acceptors (Lipinski definition) is 4. The second-order valence-electron chi connectivity index (χ2n) is 1.84. The molecule has 0 aliphatic rings. The molecule has 56 valence electrons. The van der Waals surface area contributed by atoms with Gasteiger partial charge in [-0.25, -0.2) is 0 Å². The molecule has 0 fully saturated rings. The van der Waals surface area contributed by atoms with Crippen molar-refractivity contribution in [3.8, 4) is 0 Å². The maximum atomic E-state index is 10.3. The summed E-state index contributed by atoms with van der Waals surface area (Å²) in [7, 11) is 0. The van der Waals surface area contributed by atoms with E-state index in [-0.39, 0.29) is 30.1 Å². The van der Waals surface area contributed by atoms with Crippen molar-refractivity contribution in [1.29, 1.82) is 0 Å². The summed E-state index contributed by atoms with van der Waals surface area (Å²) in [5, 5.41) is 10.3. The van der Waals surface area contributed by atoms with Gasteiger partial charge < -0.3 is 9.90 Å². The number of rotatable bonds is 2. The molecule has 0 N–H and O–H groups in total. The summed E-state index contributed by atoms with van der Waals surface area (Å²) in [5.41, 5.74) is -0.282. The minimum atomic E-state index is -1.39. The van der Waals surface area contributed by atoms with Crippen LogP contribution < -0.4 is 24.0 Å². The molecule has 0 bridgehead atoms. The second kappa shape index (κ2) is 4.70. The molecule has 12 heavy (non-hydrogen) atoms. The van der Waals surface area contributed by atoms with Crippen LogP contribution in [0, 0.1) is 0 Å². The van der Waals surface area contributed by atoms with E-state index in [0.29, 0.717) is 6.29 Å². The molecule has 0 saturated heterocycles. The van der Waals surface area contributed by atoms with Crippen LogP contribution >= 0.6 is 0 Å². The SMILES string of the molecule is O=Cc1ncccc1C(=O)[O-].[Li+]. The molecule has 0 aliphatic carbocycles. The van der Waals surface area contributed by atoms with Gasteiger partial charge in [-0.15, -0.1) is 0 Å². The van der Waals surface area contributed by atoms with Crippen LogP contribution in [0.4, 0.5) is 0 Å². The van der Waals surface area contributed by atoms with Gasteiger partial charge in [0, 0.05) is 11.8 Å². The zero-order valence-corrected chi connectivity index (χ0v) is 6.48. The van der Waals surface area contributed by atoms with Gasteiger partial charge in [0.05, 0.1) is 5.97 Å². The van der Waals surface area contributed by atoms with Crippen LogP contribution in [0.25, 0.3) is 0 Å². The second-order valence-corrected chi connectivity index (χ2v) is 1.84. The summed E-state index contributed by atoms with van der Waals surface area (Å²) >= 11 is 0. The average molecular weight is 157 g/mol. The summed E-state index contributed by atoms with van der Waals surface area (Å²) in [6.07, 6.45) is 1.72. The van der Waals surface area contributed by atoms with Crippen LogP contribution in [0.2, 0.25) is 0 Å². The number of aldehydes is 1. The molecule has 0 amide bonds. The molecule has 1 aromatic heterocycles. The Kier molecular flexibility index (Phi) is 4.27. The van der Waals surface area contributed by atoms with Crippen LogP contribution in [0.5, 0.6) is 0 Å². The van der Waals surface area contributed by atoms with E-state index in [9.17, 15) is 14.7 Å². The standard InChI is InChI=1S/C7H5NO3.Li/c9-4-6-5(7(10)11)2-1-3-8-6;/h1-4H,(H,10,11);/q;+1/p-1. The first-order valence-electron chi connectivity index (χ1n) is 2.87. The number of nitrogens with zero attached hydrogens (tertiary/aromatic N) is 1. The maximum absolute atomic E-state index is 10.3. The fourth-order valence-corrected chi connectivity index (χ4v) is 0.684. The van der Waals surface area contributed by atoms with Crippen LogP contribution in [-0.4, -0.2) is 17.2 Å². The maximum Gasteiger partial charge on any atom is 1.00 e. The van der Waals surface area contributed by atoms with Crippen molar-refractivity contribution in [2.75, 3.05) is 0 Å². The van der Waals surface area contributed by atoms with E-state index < -0.39 is 5.97 Å². The molecule has 4 nitrogen and oxygen atoms in total. The van der Waals surface area contributed by atoms with E-state index >= 15 is 0 Å². The van der Waals surface area contributed by atoms with Gasteiger partial charge >= 0.3 is 18.9 Å². The van der Waals surface area contributed by atoms with E-state index in [1.54, 1.807) is 0 Å². The smallest absolute Gasteiger partial charge is 0.545 e. The summed E-state index contributed by atoms with van der Waals surface area (Å²) in [4.78, 5) is 24.0. The number of carbonyl (C=O) groups is 2. The van der Waals surface area contributed by atoms with Gasteiger partial charge in [0.25, 0.3) is 0 Å². The van der Waals surface area contributed by atoms with Gasteiger partial charge in [0.1, 0.15) is 5.69 Å². The molecule has 1 aromatic rings. The Labute approximate surface area is 80.8 Å². The van der Waals surface area contributed by atoms with Gasteiger partial charge in [-0.05, 0) is 12.1 Å². The van der Waals surface area contributed by atoms with Crippen molar-refractivity contribution < 1.29 is 33.6 Å². The minimum absolute atomic E-state index is 0. The first-order chi connectivity index (χ1) is 5.25. The van der Waals surface area contributed by atoms with Crippen LogP contribution in [0.15, 0.2) is 18.3 Å². The third-order valence-electron chi connectivity index (χ3n) is 1.17. The number of pyridine rings is 1. The zero-order chi connectivity index (χ0) is 8.27. The van der Waals surface area contributed by atoms with Crippen LogP contribution in [0.3, 0.4) is 0 Å². The Hall–Kier alpha value is -1.11. The van der Waals surface area contributed by atoms with Crippen molar-refractivity contribution >= 4 is 12.3 Å². The van der Waals surface area contributed by atoms with Crippen molar-refractivity contribution in [3.63, 3.8) is 0 Å². The zero-order valence-electron chi connectivity index (χ0n) is 6.48. The molecular formula is C7H4LiNO3. The Morgan fingerprint density at radius 3 is 2.67 bits per heavy atom. The Morgan fingerprint density at radius 1 is 1.58 bits per heavy atom. The van der Waals surface area contributed by atoms with E-state index in [1.165, 1.54) is 18.3 Å². The predicted molar refractivity (Wildman–Crippen MR) is 34.0 cm³/mol. The molecule has 0 aromatic carbocycles. The monoisotopic (exact) mass is 157 g/mol. The number of carbonyl (C=O) groups excluding carboxylic acids is 2. The quantitative estimate of drug-likeness (QED) is 0.327. The Bertz CT molecular complexity index is 300. The summed E-state index contributed by atoms with van der Waals surface area (Å²) in [6, 6.07) is 2.70.